The summed E-state index contributed by atoms with van der Waals surface area (Å²) in [6.07, 6.45) is 0.394. The molecule has 40 heavy (non-hydrogen) atoms. The number of anilines is 1. The molecule has 9 nitrogen and oxygen atoms in total. The molecule has 3 aromatic rings. The topological polar surface area (TPSA) is 107 Å². The lowest BCUT2D eigenvalue weighted by molar-refractivity contribution is -0.129. The number of para-hydroxylation sites is 1. The smallest absolute Gasteiger partial charge is 0.337 e. The highest BCUT2D eigenvalue weighted by Crippen LogP contribution is 2.32. The maximum absolute atomic E-state index is 14.5. The quantitative estimate of drug-likeness (QED) is 0.371. The number of hydrogen-bond acceptors (Lipinski definition) is 8. The molecule has 1 saturated heterocycles. The molecule has 0 aromatic heterocycles. The zero-order valence-electron chi connectivity index (χ0n) is 22.2. The highest BCUT2D eigenvalue weighted by molar-refractivity contribution is 8.15. The van der Waals surface area contributed by atoms with Crippen LogP contribution >= 0.6 is 11.8 Å². The molecule has 2 amide bonds. The first-order valence-corrected chi connectivity index (χ1v) is 13.2. The fourth-order valence-corrected chi connectivity index (χ4v) is 5.13. The van der Waals surface area contributed by atoms with Crippen LogP contribution in [0.2, 0.25) is 0 Å². The van der Waals surface area contributed by atoms with E-state index in [9.17, 15) is 18.8 Å². The first-order valence-electron chi connectivity index (χ1n) is 12.3. The SMILES string of the molecule is COC(=O)c1ccc(NC(=O)[C@@H]2CC(=O)N(CCc3ccc(OC)c(OC)c3)C(=Nc3ccccc3F)S2)cc1. The van der Waals surface area contributed by atoms with Crippen molar-refractivity contribution in [3.05, 3.63) is 83.7 Å². The monoisotopic (exact) mass is 565 g/mol. The second kappa shape index (κ2) is 13.1. The molecule has 1 fully saturated rings. The molecule has 0 radical (unpaired) electrons. The predicted octanol–water partition coefficient (Wildman–Crippen LogP) is 4.83. The minimum atomic E-state index is -0.796. The van der Waals surface area contributed by atoms with Crippen LogP contribution in [0.3, 0.4) is 0 Å². The molecule has 0 aliphatic carbocycles. The molecule has 0 spiro atoms. The van der Waals surface area contributed by atoms with Gasteiger partial charge in [0.1, 0.15) is 16.8 Å². The van der Waals surface area contributed by atoms with Crippen molar-refractivity contribution in [2.75, 3.05) is 33.2 Å². The van der Waals surface area contributed by atoms with Gasteiger partial charge >= 0.3 is 5.97 Å². The van der Waals surface area contributed by atoms with Crippen molar-refractivity contribution >= 4 is 46.1 Å². The van der Waals surface area contributed by atoms with Gasteiger partial charge in [-0.3, -0.25) is 14.5 Å². The average Bonchev–Trinajstić information content (AvgIpc) is 2.97. The first kappa shape index (κ1) is 28.6. The number of nitrogens with one attached hydrogen (secondary N) is 1. The van der Waals surface area contributed by atoms with Crippen LogP contribution in [0.15, 0.2) is 71.7 Å². The van der Waals surface area contributed by atoms with Gasteiger partial charge in [0.05, 0.1) is 26.9 Å². The third-order valence-corrected chi connectivity index (χ3v) is 7.33. The Morgan fingerprint density at radius 3 is 2.42 bits per heavy atom. The van der Waals surface area contributed by atoms with Gasteiger partial charge in [0.15, 0.2) is 16.7 Å². The molecular weight excluding hydrogens is 537 g/mol. The molecule has 0 unspecified atom stereocenters. The highest BCUT2D eigenvalue weighted by Gasteiger charge is 2.36. The number of esters is 1. The Bertz CT molecular complexity index is 1430. The van der Waals surface area contributed by atoms with Crippen LogP contribution < -0.4 is 14.8 Å². The maximum Gasteiger partial charge on any atom is 0.337 e. The molecule has 4 rings (SSSR count). The zero-order valence-corrected chi connectivity index (χ0v) is 23.0. The van der Waals surface area contributed by atoms with E-state index in [1.54, 1.807) is 44.6 Å². The Kier molecular flexibility index (Phi) is 9.39. The Labute approximate surface area is 235 Å². The summed E-state index contributed by atoms with van der Waals surface area (Å²) in [6.45, 7) is 0.262. The zero-order chi connectivity index (χ0) is 28.6. The van der Waals surface area contributed by atoms with E-state index < -0.39 is 22.9 Å². The number of carbonyl (C=O) groups excluding carboxylic acids is 3. The molecule has 1 heterocycles. The number of nitrogens with zero attached hydrogens (tertiary/aromatic N) is 2. The lowest BCUT2D eigenvalue weighted by Crippen LogP contribution is -2.46. The number of amides is 2. The van der Waals surface area contributed by atoms with Gasteiger partial charge in [0, 0.05) is 18.7 Å². The van der Waals surface area contributed by atoms with Crippen molar-refractivity contribution < 1.29 is 33.0 Å². The first-order chi connectivity index (χ1) is 19.3. The minimum absolute atomic E-state index is 0.0633. The van der Waals surface area contributed by atoms with Crippen LogP contribution in [0.4, 0.5) is 15.8 Å². The summed E-state index contributed by atoms with van der Waals surface area (Å²) in [5, 5.41) is 2.20. The van der Waals surface area contributed by atoms with E-state index in [1.807, 2.05) is 12.1 Å². The summed E-state index contributed by atoms with van der Waals surface area (Å²) in [5.74, 6) is -0.600. The molecule has 11 heteroatoms. The Balaban J connectivity index is 1.54. The number of amidine groups is 1. The number of thioether (sulfide) groups is 1. The summed E-state index contributed by atoms with van der Waals surface area (Å²) >= 11 is 1.09. The number of aliphatic imine (C=N–C) groups is 1. The van der Waals surface area contributed by atoms with Gasteiger partial charge in [0.2, 0.25) is 11.8 Å². The van der Waals surface area contributed by atoms with E-state index in [0.717, 1.165) is 17.3 Å². The third kappa shape index (κ3) is 6.78. The summed E-state index contributed by atoms with van der Waals surface area (Å²) in [4.78, 5) is 44.0. The largest absolute Gasteiger partial charge is 0.493 e. The van der Waals surface area contributed by atoms with Crippen LogP contribution in [-0.2, 0) is 20.7 Å². The standard InChI is InChI=1S/C29H28FN3O6S/c1-37-23-13-8-18(16-24(23)38-2)14-15-33-26(34)17-25(40-29(33)32-22-7-5-4-6-21(22)30)27(35)31-20-11-9-19(10-12-20)28(36)39-3/h4-13,16,25H,14-15,17H2,1-3H3,(H,31,35)/t25-/m0/s1. The van der Waals surface area contributed by atoms with E-state index in [0.29, 0.717) is 29.2 Å². The number of benzene rings is 3. The van der Waals surface area contributed by atoms with E-state index in [4.69, 9.17) is 9.47 Å². The van der Waals surface area contributed by atoms with Crippen LogP contribution in [0.5, 0.6) is 11.5 Å². The molecule has 3 aromatic carbocycles. The number of carbonyl (C=O) groups is 3. The number of halogens is 1. The van der Waals surface area contributed by atoms with Crippen molar-refractivity contribution in [3.8, 4) is 11.5 Å². The maximum atomic E-state index is 14.5. The van der Waals surface area contributed by atoms with Crippen LogP contribution in [0.25, 0.3) is 0 Å². The van der Waals surface area contributed by atoms with Crippen molar-refractivity contribution in [2.45, 2.75) is 18.1 Å². The van der Waals surface area contributed by atoms with Crippen molar-refractivity contribution in [2.24, 2.45) is 4.99 Å². The normalized spacial score (nSPS) is 16.0. The molecule has 0 saturated carbocycles. The molecule has 1 atom stereocenters. The molecule has 0 bridgehead atoms. The van der Waals surface area contributed by atoms with Crippen molar-refractivity contribution in [1.82, 2.24) is 4.90 Å². The Hall–Kier alpha value is -4.38. The van der Waals surface area contributed by atoms with Crippen molar-refractivity contribution in [3.63, 3.8) is 0 Å². The Morgan fingerprint density at radius 2 is 1.75 bits per heavy atom. The predicted molar refractivity (Wildman–Crippen MR) is 151 cm³/mol. The highest BCUT2D eigenvalue weighted by atomic mass is 32.2. The van der Waals surface area contributed by atoms with Crippen LogP contribution in [-0.4, -0.2) is 61.0 Å². The third-order valence-electron chi connectivity index (χ3n) is 6.15. The van der Waals surface area contributed by atoms with Crippen molar-refractivity contribution in [1.29, 1.82) is 0 Å². The fourth-order valence-electron chi connectivity index (χ4n) is 4.01. The number of rotatable bonds is 9. The second-order valence-corrected chi connectivity index (χ2v) is 9.87. The fraction of sp³-hybridized carbons (Fsp3) is 0.241. The van der Waals surface area contributed by atoms with Crippen LogP contribution in [0.1, 0.15) is 22.3 Å². The van der Waals surface area contributed by atoms with E-state index in [1.165, 1.54) is 36.3 Å². The molecule has 1 aliphatic rings. The lowest BCUT2D eigenvalue weighted by atomic mass is 10.1. The summed E-state index contributed by atoms with van der Waals surface area (Å²) < 4.78 is 29.8. The molecular formula is C29H28FN3O6S. The van der Waals surface area contributed by atoms with E-state index in [-0.39, 0.29) is 29.7 Å². The number of methoxy groups -OCH3 is 3. The summed E-state index contributed by atoms with van der Waals surface area (Å²) in [5.41, 5.74) is 1.76. The summed E-state index contributed by atoms with van der Waals surface area (Å²) in [7, 11) is 4.38. The molecule has 208 valence electrons. The molecule has 1 aliphatic heterocycles. The van der Waals surface area contributed by atoms with Gasteiger partial charge < -0.3 is 19.5 Å². The molecule has 1 N–H and O–H groups in total. The Morgan fingerprint density at radius 1 is 1.02 bits per heavy atom. The minimum Gasteiger partial charge on any atom is -0.493 e. The van der Waals surface area contributed by atoms with E-state index in [2.05, 4.69) is 15.0 Å². The van der Waals surface area contributed by atoms with Gasteiger partial charge in [-0.25, -0.2) is 14.2 Å². The van der Waals surface area contributed by atoms with Gasteiger partial charge in [-0.2, -0.15) is 0 Å². The summed E-state index contributed by atoms with van der Waals surface area (Å²) in [6, 6.07) is 17.7. The number of hydrogen-bond donors (Lipinski definition) is 1. The van der Waals surface area contributed by atoms with Crippen LogP contribution in [0, 0.1) is 5.82 Å². The van der Waals surface area contributed by atoms with Gasteiger partial charge in [-0.05, 0) is 60.5 Å². The van der Waals surface area contributed by atoms with Gasteiger partial charge in [0.25, 0.3) is 0 Å². The van der Waals surface area contributed by atoms with Gasteiger partial charge in [-0.1, -0.05) is 30.0 Å². The van der Waals surface area contributed by atoms with E-state index >= 15 is 0 Å². The average molecular weight is 566 g/mol. The number of ether oxygens (including phenoxy) is 3. The van der Waals surface area contributed by atoms with Gasteiger partial charge in [-0.15, -0.1) is 0 Å². The second-order valence-electron chi connectivity index (χ2n) is 8.70. The lowest BCUT2D eigenvalue weighted by Gasteiger charge is -2.32.